The van der Waals surface area contributed by atoms with Crippen molar-refractivity contribution in [2.75, 3.05) is 13.1 Å². The molecular formula is C10H20N2O4S. The van der Waals surface area contributed by atoms with Gasteiger partial charge in [-0.2, -0.15) is 17.4 Å². The molecule has 17 heavy (non-hydrogen) atoms. The van der Waals surface area contributed by atoms with Gasteiger partial charge in [-0.3, -0.25) is 4.79 Å². The van der Waals surface area contributed by atoms with Crippen LogP contribution in [0.25, 0.3) is 0 Å². The van der Waals surface area contributed by atoms with Gasteiger partial charge in [0, 0.05) is 19.1 Å². The molecule has 2 N–H and O–H groups in total. The van der Waals surface area contributed by atoms with Crippen molar-refractivity contribution in [1.82, 2.24) is 9.03 Å². The van der Waals surface area contributed by atoms with Crippen molar-refractivity contribution >= 4 is 16.2 Å². The number of rotatable bonds is 8. The van der Waals surface area contributed by atoms with Crippen molar-refractivity contribution in [3.8, 4) is 0 Å². The number of carbonyl (C=O) groups is 1. The zero-order chi connectivity index (χ0) is 13.1. The van der Waals surface area contributed by atoms with E-state index in [0.29, 0.717) is 13.1 Å². The Morgan fingerprint density at radius 2 is 1.94 bits per heavy atom. The number of nitrogens with zero attached hydrogens (tertiary/aromatic N) is 1. The van der Waals surface area contributed by atoms with Gasteiger partial charge >= 0.3 is 5.97 Å². The summed E-state index contributed by atoms with van der Waals surface area (Å²) in [5.74, 6) is -0.791. The summed E-state index contributed by atoms with van der Waals surface area (Å²) in [7, 11) is -3.55. The molecule has 1 atom stereocenters. The van der Waals surface area contributed by atoms with E-state index in [4.69, 9.17) is 5.11 Å². The molecule has 1 aliphatic rings. The Bertz CT molecular complexity index is 361. The van der Waals surface area contributed by atoms with Gasteiger partial charge in [-0.25, -0.2) is 0 Å². The van der Waals surface area contributed by atoms with Gasteiger partial charge in [0.2, 0.25) is 0 Å². The number of hydrogen-bond donors (Lipinski definition) is 2. The second-order valence-corrected chi connectivity index (χ2v) is 5.95. The molecule has 100 valence electrons. The third kappa shape index (κ3) is 4.25. The monoisotopic (exact) mass is 264 g/mol. The highest BCUT2D eigenvalue weighted by Crippen LogP contribution is 2.34. The number of carboxylic acids is 1. The standard InChI is InChI=1S/C10H20N2O4S/c1-3-12(4-2)17(15,16)11-9(7-10(13)14)8-5-6-8/h8-9,11H,3-7H2,1-2H3,(H,13,14). The molecule has 0 aliphatic heterocycles. The van der Waals surface area contributed by atoms with Gasteiger partial charge in [0.05, 0.1) is 6.42 Å². The Morgan fingerprint density at radius 1 is 1.41 bits per heavy atom. The summed E-state index contributed by atoms with van der Waals surface area (Å²) in [6.45, 7) is 4.28. The normalized spacial score (nSPS) is 18.3. The quantitative estimate of drug-likeness (QED) is 0.665. The number of carboxylic acid groups (broad SMARTS) is 1. The van der Waals surface area contributed by atoms with E-state index in [2.05, 4.69) is 4.72 Å². The van der Waals surface area contributed by atoms with E-state index in [0.717, 1.165) is 12.8 Å². The maximum atomic E-state index is 11.9. The lowest BCUT2D eigenvalue weighted by Gasteiger charge is -2.23. The lowest BCUT2D eigenvalue weighted by Crippen LogP contribution is -2.46. The number of nitrogens with one attached hydrogen (secondary N) is 1. The van der Waals surface area contributed by atoms with E-state index in [1.165, 1.54) is 4.31 Å². The van der Waals surface area contributed by atoms with Crippen LogP contribution in [-0.4, -0.2) is 42.9 Å². The van der Waals surface area contributed by atoms with Crippen LogP contribution in [0.15, 0.2) is 0 Å². The van der Waals surface area contributed by atoms with Crippen molar-refractivity contribution in [3.63, 3.8) is 0 Å². The predicted molar refractivity (Wildman–Crippen MR) is 63.7 cm³/mol. The summed E-state index contributed by atoms with van der Waals surface area (Å²) in [5, 5.41) is 8.76. The maximum absolute atomic E-state index is 11.9. The average molecular weight is 264 g/mol. The van der Waals surface area contributed by atoms with Gasteiger partial charge in [-0.05, 0) is 18.8 Å². The zero-order valence-corrected chi connectivity index (χ0v) is 11.0. The van der Waals surface area contributed by atoms with Crippen molar-refractivity contribution in [1.29, 1.82) is 0 Å². The predicted octanol–water partition coefficient (Wildman–Crippen LogP) is 0.416. The van der Waals surface area contributed by atoms with Crippen LogP contribution in [0.3, 0.4) is 0 Å². The van der Waals surface area contributed by atoms with Crippen LogP contribution in [-0.2, 0) is 15.0 Å². The average Bonchev–Trinajstić information content (AvgIpc) is 2.99. The lowest BCUT2D eigenvalue weighted by atomic mass is 10.1. The smallest absolute Gasteiger partial charge is 0.304 e. The molecule has 1 aliphatic carbocycles. The fourth-order valence-corrected chi connectivity index (χ4v) is 3.31. The van der Waals surface area contributed by atoms with E-state index >= 15 is 0 Å². The molecule has 0 aromatic heterocycles. The summed E-state index contributed by atoms with van der Waals surface area (Å²) >= 11 is 0. The van der Waals surface area contributed by atoms with Gasteiger partial charge < -0.3 is 5.11 Å². The van der Waals surface area contributed by atoms with Gasteiger partial charge in [0.1, 0.15) is 0 Å². The molecule has 1 saturated carbocycles. The van der Waals surface area contributed by atoms with Gasteiger partial charge in [-0.1, -0.05) is 13.8 Å². The highest BCUT2D eigenvalue weighted by molar-refractivity contribution is 7.87. The Hall–Kier alpha value is -0.660. The third-order valence-electron chi connectivity index (χ3n) is 2.93. The first kappa shape index (κ1) is 14.4. The van der Waals surface area contributed by atoms with E-state index in [9.17, 15) is 13.2 Å². The molecular weight excluding hydrogens is 244 g/mol. The molecule has 1 fully saturated rings. The molecule has 7 heteroatoms. The summed E-state index contributed by atoms with van der Waals surface area (Å²) in [5.41, 5.74) is 0. The first-order valence-corrected chi connectivity index (χ1v) is 7.33. The molecule has 1 unspecified atom stereocenters. The Morgan fingerprint density at radius 3 is 2.29 bits per heavy atom. The SMILES string of the molecule is CCN(CC)S(=O)(=O)NC(CC(=O)O)C1CC1. The highest BCUT2D eigenvalue weighted by Gasteiger charge is 2.36. The van der Waals surface area contributed by atoms with Crippen molar-refractivity contribution in [3.05, 3.63) is 0 Å². The second-order valence-electron chi connectivity index (χ2n) is 4.25. The second kappa shape index (κ2) is 5.79. The molecule has 0 spiro atoms. The minimum atomic E-state index is -3.55. The van der Waals surface area contributed by atoms with Crippen LogP contribution in [0.2, 0.25) is 0 Å². The summed E-state index contributed by atoms with van der Waals surface area (Å²) in [4.78, 5) is 10.7. The van der Waals surface area contributed by atoms with Crippen LogP contribution in [0.1, 0.15) is 33.1 Å². The first-order valence-electron chi connectivity index (χ1n) is 5.89. The van der Waals surface area contributed by atoms with Crippen LogP contribution in [0.4, 0.5) is 0 Å². The van der Waals surface area contributed by atoms with Crippen molar-refractivity contribution in [2.24, 2.45) is 5.92 Å². The largest absolute Gasteiger partial charge is 0.481 e. The lowest BCUT2D eigenvalue weighted by molar-refractivity contribution is -0.137. The molecule has 1 rings (SSSR count). The molecule has 0 radical (unpaired) electrons. The summed E-state index contributed by atoms with van der Waals surface area (Å²) in [6.07, 6.45) is 1.66. The highest BCUT2D eigenvalue weighted by atomic mass is 32.2. The fourth-order valence-electron chi connectivity index (χ4n) is 1.82. The van der Waals surface area contributed by atoms with E-state index in [-0.39, 0.29) is 12.3 Å². The fraction of sp³-hybridized carbons (Fsp3) is 0.900. The molecule has 0 bridgehead atoms. The summed E-state index contributed by atoms with van der Waals surface area (Å²) < 4.78 is 27.7. The topological polar surface area (TPSA) is 86.7 Å². The minimum absolute atomic E-state index is 0.148. The van der Waals surface area contributed by atoms with E-state index in [1.54, 1.807) is 13.8 Å². The van der Waals surface area contributed by atoms with E-state index < -0.39 is 22.2 Å². The Kier molecular flexibility index (Phi) is 4.91. The third-order valence-corrected chi connectivity index (χ3v) is 4.73. The maximum Gasteiger partial charge on any atom is 0.304 e. The molecule has 0 heterocycles. The molecule has 0 aromatic rings. The van der Waals surface area contributed by atoms with Crippen LogP contribution in [0, 0.1) is 5.92 Å². The molecule has 0 amide bonds. The number of hydrogen-bond acceptors (Lipinski definition) is 3. The van der Waals surface area contributed by atoms with Gasteiger partial charge in [0.15, 0.2) is 0 Å². The van der Waals surface area contributed by atoms with Crippen molar-refractivity contribution in [2.45, 2.75) is 39.2 Å². The molecule has 0 aromatic carbocycles. The Balaban J connectivity index is 2.68. The molecule has 6 nitrogen and oxygen atoms in total. The Labute approximate surface area is 102 Å². The van der Waals surface area contributed by atoms with Gasteiger partial charge in [0.25, 0.3) is 10.2 Å². The van der Waals surface area contributed by atoms with E-state index in [1.807, 2.05) is 0 Å². The number of aliphatic carboxylic acids is 1. The van der Waals surface area contributed by atoms with Crippen molar-refractivity contribution < 1.29 is 18.3 Å². The van der Waals surface area contributed by atoms with Crippen LogP contribution in [0.5, 0.6) is 0 Å². The summed E-state index contributed by atoms with van der Waals surface area (Å²) in [6, 6.07) is -0.474. The van der Waals surface area contributed by atoms with Gasteiger partial charge in [-0.15, -0.1) is 0 Å². The van der Waals surface area contributed by atoms with Crippen LogP contribution >= 0.6 is 0 Å². The minimum Gasteiger partial charge on any atom is -0.481 e. The van der Waals surface area contributed by atoms with Crippen LogP contribution < -0.4 is 4.72 Å². The zero-order valence-electron chi connectivity index (χ0n) is 10.2. The first-order chi connectivity index (χ1) is 7.90. The molecule has 0 saturated heterocycles.